The predicted octanol–water partition coefficient (Wildman–Crippen LogP) is 4.13. The molecule has 0 fully saturated rings. The fraction of sp³-hybridized carbons (Fsp3) is 0.333. The van der Waals surface area contributed by atoms with E-state index in [0.717, 1.165) is 42.1 Å². The van der Waals surface area contributed by atoms with Crippen molar-refractivity contribution in [3.8, 4) is 0 Å². The number of carbonyl (C=O) groups excluding carboxylic acids is 2. The molecule has 2 aromatic carbocycles. The molecule has 5 heteroatoms. The van der Waals surface area contributed by atoms with E-state index in [4.69, 9.17) is 0 Å². The van der Waals surface area contributed by atoms with Crippen LogP contribution in [0.15, 0.2) is 47.4 Å². The number of rotatable bonds is 2. The largest absolute Gasteiger partial charge is 0.312 e. The van der Waals surface area contributed by atoms with Gasteiger partial charge >= 0.3 is 0 Å². The van der Waals surface area contributed by atoms with E-state index in [9.17, 15) is 9.59 Å². The molecule has 2 amide bonds. The van der Waals surface area contributed by atoms with Gasteiger partial charge in [-0.2, -0.15) is 0 Å². The zero-order valence-corrected chi connectivity index (χ0v) is 15.7. The smallest absolute Gasteiger partial charge is 0.258 e. The van der Waals surface area contributed by atoms with Gasteiger partial charge in [0.1, 0.15) is 0 Å². The second-order valence-electron chi connectivity index (χ2n) is 6.62. The first-order valence-electron chi connectivity index (χ1n) is 9.16. The molecule has 0 saturated heterocycles. The van der Waals surface area contributed by atoms with Crippen molar-refractivity contribution in [3.63, 3.8) is 0 Å². The summed E-state index contributed by atoms with van der Waals surface area (Å²) in [5.74, 6) is 1.21. The lowest BCUT2D eigenvalue weighted by Crippen LogP contribution is -2.32. The van der Waals surface area contributed by atoms with Crippen molar-refractivity contribution in [2.24, 2.45) is 0 Å². The summed E-state index contributed by atoms with van der Waals surface area (Å²) in [5.41, 5.74) is 3.76. The van der Waals surface area contributed by atoms with E-state index in [1.54, 1.807) is 0 Å². The van der Waals surface area contributed by atoms with Crippen molar-refractivity contribution in [1.29, 1.82) is 0 Å². The van der Waals surface area contributed by atoms with Crippen LogP contribution in [0.4, 0.5) is 11.4 Å². The van der Waals surface area contributed by atoms with Crippen LogP contribution in [-0.2, 0) is 11.2 Å². The molecule has 2 aromatic rings. The molecular formula is C21H22N2O2S. The molecule has 0 atom stereocenters. The summed E-state index contributed by atoms with van der Waals surface area (Å²) in [6.07, 6.45) is 2.30. The highest BCUT2D eigenvalue weighted by Crippen LogP contribution is 2.35. The van der Waals surface area contributed by atoms with Gasteiger partial charge in [0.2, 0.25) is 5.91 Å². The topological polar surface area (TPSA) is 40.6 Å². The molecule has 4 nitrogen and oxygen atoms in total. The number of thioether (sulfide) groups is 1. The maximum atomic E-state index is 13.2. The first-order valence-corrected chi connectivity index (χ1v) is 10.1. The Labute approximate surface area is 158 Å². The van der Waals surface area contributed by atoms with Crippen molar-refractivity contribution >= 4 is 35.0 Å². The number of nitrogens with zero attached hydrogens (tertiary/aromatic N) is 2. The molecule has 2 aliphatic rings. The third-order valence-corrected chi connectivity index (χ3v) is 6.16. The number of para-hydroxylation sites is 1. The first kappa shape index (κ1) is 17.2. The normalized spacial score (nSPS) is 16.0. The number of fused-ring (bicyclic) bond motifs is 2. The zero-order chi connectivity index (χ0) is 18.1. The van der Waals surface area contributed by atoms with Crippen LogP contribution in [0, 0.1) is 0 Å². The van der Waals surface area contributed by atoms with Crippen molar-refractivity contribution < 1.29 is 9.59 Å². The number of hydrogen-bond acceptors (Lipinski definition) is 3. The fourth-order valence-electron chi connectivity index (χ4n) is 3.68. The molecule has 0 spiro atoms. The average Bonchev–Trinajstić information content (AvgIpc) is 2.98. The number of benzene rings is 2. The SMILES string of the molecule is CCC(=O)N1CCc2cc(C(=O)N3CCCSc4ccccc43)ccc21. The summed E-state index contributed by atoms with van der Waals surface area (Å²) in [6.45, 7) is 3.33. The van der Waals surface area contributed by atoms with Crippen LogP contribution in [0.3, 0.4) is 0 Å². The number of amides is 2. The predicted molar refractivity (Wildman–Crippen MR) is 106 cm³/mol. The molecule has 4 rings (SSSR count). The number of anilines is 2. The molecular weight excluding hydrogens is 344 g/mol. The molecule has 0 saturated carbocycles. The molecule has 2 heterocycles. The van der Waals surface area contributed by atoms with E-state index in [2.05, 4.69) is 6.07 Å². The van der Waals surface area contributed by atoms with E-state index < -0.39 is 0 Å². The Morgan fingerprint density at radius 1 is 1.04 bits per heavy atom. The lowest BCUT2D eigenvalue weighted by atomic mass is 10.1. The minimum absolute atomic E-state index is 0.0445. The van der Waals surface area contributed by atoms with Gasteiger partial charge in [-0.25, -0.2) is 0 Å². The van der Waals surface area contributed by atoms with Gasteiger partial charge in [-0.05, 0) is 54.5 Å². The summed E-state index contributed by atoms with van der Waals surface area (Å²) < 4.78 is 0. The highest BCUT2D eigenvalue weighted by atomic mass is 32.2. The quantitative estimate of drug-likeness (QED) is 0.802. The molecule has 0 aliphatic carbocycles. The van der Waals surface area contributed by atoms with E-state index in [-0.39, 0.29) is 11.8 Å². The van der Waals surface area contributed by atoms with Crippen molar-refractivity contribution in [3.05, 3.63) is 53.6 Å². The van der Waals surface area contributed by atoms with Crippen LogP contribution in [0.2, 0.25) is 0 Å². The monoisotopic (exact) mass is 366 g/mol. The van der Waals surface area contributed by atoms with Crippen LogP contribution >= 0.6 is 11.8 Å². The van der Waals surface area contributed by atoms with E-state index in [1.807, 2.05) is 64.9 Å². The molecule has 0 radical (unpaired) electrons. The van der Waals surface area contributed by atoms with Crippen molar-refractivity contribution in [2.75, 3.05) is 28.6 Å². The van der Waals surface area contributed by atoms with E-state index >= 15 is 0 Å². The van der Waals surface area contributed by atoms with Crippen LogP contribution in [0.1, 0.15) is 35.7 Å². The average molecular weight is 366 g/mol. The summed E-state index contributed by atoms with van der Waals surface area (Å²) in [4.78, 5) is 30.2. The van der Waals surface area contributed by atoms with Gasteiger partial charge in [-0.15, -0.1) is 11.8 Å². The van der Waals surface area contributed by atoms with Crippen molar-refractivity contribution in [1.82, 2.24) is 0 Å². The van der Waals surface area contributed by atoms with E-state index in [1.165, 1.54) is 4.90 Å². The van der Waals surface area contributed by atoms with Gasteiger partial charge in [-0.3, -0.25) is 9.59 Å². The summed E-state index contributed by atoms with van der Waals surface area (Å²) in [5, 5.41) is 0. The Kier molecular flexibility index (Phi) is 4.72. The standard InChI is InChI=1S/C21H22N2O2S/c1-2-20(24)22-12-10-15-14-16(8-9-17(15)22)21(25)23-11-5-13-26-19-7-4-3-6-18(19)23/h3-4,6-9,14H,2,5,10-13H2,1H3. The molecule has 0 unspecified atom stereocenters. The van der Waals surface area contributed by atoms with Gasteiger partial charge in [0, 0.05) is 35.7 Å². The maximum Gasteiger partial charge on any atom is 0.258 e. The number of carbonyl (C=O) groups is 2. The second kappa shape index (κ2) is 7.16. The lowest BCUT2D eigenvalue weighted by molar-refractivity contribution is -0.118. The van der Waals surface area contributed by atoms with Gasteiger partial charge in [0.15, 0.2) is 0 Å². The van der Waals surface area contributed by atoms with Crippen LogP contribution < -0.4 is 9.80 Å². The summed E-state index contributed by atoms with van der Waals surface area (Å²) >= 11 is 1.81. The maximum absolute atomic E-state index is 13.2. The summed E-state index contributed by atoms with van der Waals surface area (Å²) in [6, 6.07) is 13.9. The van der Waals surface area contributed by atoms with Gasteiger partial charge in [0.25, 0.3) is 5.91 Å². The van der Waals surface area contributed by atoms with Crippen LogP contribution in [0.25, 0.3) is 0 Å². The fourth-order valence-corrected chi connectivity index (χ4v) is 4.67. The van der Waals surface area contributed by atoms with Gasteiger partial charge in [-0.1, -0.05) is 19.1 Å². The Morgan fingerprint density at radius 2 is 1.88 bits per heavy atom. The third-order valence-electron chi connectivity index (χ3n) is 5.01. The van der Waals surface area contributed by atoms with Gasteiger partial charge < -0.3 is 9.80 Å². The Bertz CT molecular complexity index is 865. The van der Waals surface area contributed by atoms with Crippen molar-refractivity contribution in [2.45, 2.75) is 31.1 Å². The summed E-state index contributed by atoms with van der Waals surface area (Å²) in [7, 11) is 0. The third kappa shape index (κ3) is 3.01. The van der Waals surface area contributed by atoms with Crippen LogP contribution in [0.5, 0.6) is 0 Å². The highest BCUT2D eigenvalue weighted by molar-refractivity contribution is 7.99. The van der Waals surface area contributed by atoms with E-state index in [0.29, 0.717) is 18.5 Å². The van der Waals surface area contributed by atoms with Crippen LogP contribution in [-0.4, -0.2) is 30.7 Å². The molecule has 26 heavy (non-hydrogen) atoms. The number of hydrogen-bond donors (Lipinski definition) is 0. The lowest BCUT2D eigenvalue weighted by Gasteiger charge is -2.23. The molecule has 0 bridgehead atoms. The van der Waals surface area contributed by atoms with Gasteiger partial charge in [0.05, 0.1) is 5.69 Å². The molecule has 134 valence electrons. The first-order chi connectivity index (χ1) is 12.7. The Balaban J connectivity index is 1.65. The Hall–Kier alpha value is -2.27. The molecule has 0 N–H and O–H groups in total. The minimum Gasteiger partial charge on any atom is -0.312 e. The second-order valence-corrected chi connectivity index (χ2v) is 7.76. The molecule has 0 aromatic heterocycles. The Morgan fingerprint density at radius 3 is 2.73 bits per heavy atom. The highest BCUT2D eigenvalue weighted by Gasteiger charge is 2.27. The zero-order valence-electron chi connectivity index (χ0n) is 14.9. The minimum atomic E-state index is 0.0445. The molecule has 2 aliphatic heterocycles.